The van der Waals surface area contributed by atoms with Crippen molar-refractivity contribution in [3.05, 3.63) is 166 Å². The van der Waals surface area contributed by atoms with E-state index in [0.717, 1.165) is 52.9 Å². The van der Waals surface area contributed by atoms with Crippen LogP contribution in [0.4, 0.5) is 14.5 Å². The van der Waals surface area contributed by atoms with Crippen LogP contribution >= 0.6 is 11.6 Å². The molecule has 11 nitrogen and oxygen atoms in total. The number of rotatable bonds is 14. The van der Waals surface area contributed by atoms with E-state index in [0.29, 0.717) is 47.3 Å². The van der Waals surface area contributed by atoms with Crippen LogP contribution in [0.25, 0.3) is 22.5 Å². The van der Waals surface area contributed by atoms with Crippen molar-refractivity contribution in [3.8, 4) is 28.3 Å². The van der Waals surface area contributed by atoms with Crippen molar-refractivity contribution in [1.29, 1.82) is 0 Å². The molecule has 0 aliphatic carbocycles. The number of aromatic nitrogens is 6. The zero-order valence-corrected chi connectivity index (χ0v) is 37.7. The Morgan fingerprint density at radius 3 is 2.15 bits per heavy atom. The molecule has 1 aliphatic rings. The van der Waals surface area contributed by atoms with Gasteiger partial charge in [-0.15, -0.1) is 10.2 Å². The number of phenolic OH excluding ortho intramolecular Hbond substituents is 1. The van der Waals surface area contributed by atoms with Gasteiger partial charge in [-0.3, -0.25) is 4.79 Å². The number of aryl methyl sites for hydroxylation is 1. The smallest absolute Gasteiger partial charge is 0.233 e. The Hall–Kier alpha value is -4.64. The van der Waals surface area contributed by atoms with Gasteiger partial charge in [0, 0.05) is 75.6 Å². The minimum absolute atomic E-state index is 0. The number of carbonyl (C=O) groups is 1. The van der Waals surface area contributed by atoms with Crippen LogP contribution in [-0.4, -0.2) is 103 Å². The molecule has 0 unspecified atom stereocenters. The summed E-state index contributed by atoms with van der Waals surface area (Å²) in [5.74, 6) is 0.379. The number of unbranched alkanes of at least 4 members (excludes halogenated alkanes) is 1. The fraction of sp³-hybridized carbons (Fsp3) is 0.239. The molecule has 1 radical (unpaired) electrons. The molecule has 15 heteroatoms. The number of amides is 1. The Balaban J connectivity index is 0.000000201. The van der Waals surface area contributed by atoms with Crippen molar-refractivity contribution in [2.45, 2.75) is 64.3 Å². The van der Waals surface area contributed by atoms with E-state index >= 15 is 0 Å². The van der Waals surface area contributed by atoms with Gasteiger partial charge < -0.3 is 24.8 Å². The maximum absolute atomic E-state index is 13.3. The minimum Gasteiger partial charge on any atom is -0.508 e. The predicted octanol–water partition coefficient (Wildman–Crippen LogP) is 8.77. The average molecular weight is 871 g/mol. The summed E-state index contributed by atoms with van der Waals surface area (Å²) in [4.78, 5) is 19.0. The maximum Gasteiger partial charge on any atom is 0.233 e. The average Bonchev–Trinajstić information content (AvgIpc) is 3.91. The molecule has 0 spiro atoms. The molecule has 309 valence electrons. The number of aromatic hydroxyl groups is 1. The van der Waals surface area contributed by atoms with E-state index in [-0.39, 0.29) is 93.2 Å². The minimum atomic E-state index is -0.807. The van der Waals surface area contributed by atoms with Crippen molar-refractivity contribution >= 4 is 74.6 Å². The number of halogens is 3. The summed E-state index contributed by atoms with van der Waals surface area (Å²) in [7, 11) is 0. The monoisotopic (exact) mass is 870 g/mol. The van der Waals surface area contributed by atoms with Gasteiger partial charge in [-0.05, 0) is 101 Å². The van der Waals surface area contributed by atoms with Gasteiger partial charge in [0.15, 0.2) is 5.15 Å². The second-order valence-corrected chi connectivity index (χ2v) is 14.9. The van der Waals surface area contributed by atoms with Crippen molar-refractivity contribution in [3.63, 3.8) is 0 Å². The second-order valence-electron chi connectivity index (χ2n) is 14.6. The van der Waals surface area contributed by atoms with E-state index in [1.807, 2.05) is 28.8 Å². The number of hydrogen-bond donors (Lipinski definition) is 4. The molecule has 0 saturated carbocycles. The molecule has 7 aromatic rings. The first-order chi connectivity index (χ1) is 29.1. The number of H-pyrrole nitrogens is 1. The molecule has 1 fully saturated rings. The molecule has 3 atom stereocenters. The first-order valence-corrected chi connectivity index (χ1v) is 20.1. The number of nitrogens with one attached hydrogen (secondary N) is 1. The van der Waals surface area contributed by atoms with Crippen LogP contribution in [0.3, 0.4) is 0 Å². The second kappa shape index (κ2) is 21.4. The van der Waals surface area contributed by atoms with Gasteiger partial charge in [0.25, 0.3) is 0 Å². The van der Waals surface area contributed by atoms with Gasteiger partial charge in [-0.1, -0.05) is 97.7 Å². The number of phenols is 1. The zero-order valence-electron chi connectivity index (χ0n) is 33.8. The normalized spacial score (nSPS) is 15.0. The quantitative estimate of drug-likeness (QED) is 0.0626. The van der Waals surface area contributed by atoms with E-state index < -0.39 is 6.10 Å². The number of aliphatic hydroxyl groups excluding tert-OH is 2. The molecule has 4 N–H and O–H groups in total. The third-order valence-corrected chi connectivity index (χ3v) is 11.0. The summed E-state index contributed by atoms with van der Waals surface area (Å²) in [6.45, 7) is 2.63. The number of β-lactam (4-membered cyclic amide) rings is 1. The number of carbonyl (C=O) groups excluding carboxylic acids is 1. The Labute approximate surface area is 399 Å². The molecular weight excluding hydrogens is 827 g/mol. The van der Waals surface area contributed by atoms with Crippen LogP contribution < -0.4 is 4.90 Å². The van der Waals surface area contributed by atoms with Crippen molar-refractivity contribution < 1.29 is 28.9 Å². The topological polar surface area (TPSA) is 153 Å². The third-order valence-electron chi connectivity index (χ3n) is 10.7. The Morgan fingerprint density at radius 1 is 0.869 bits per heavy atom. The van der Waals surface area contributed by atoms with Crippen molar-refractivity contribution in [2.24, 2.45) is 5.92 Å². The van der Waals surface area contributed by atoms with Gasteiger partial charge in [-0.2, -0.15) is 5.21 Å². The van der Waals surface area contributed by atoms with E-state index in [4.69, 9.17) is 11.6 Å². The van der Waals surface area contributed by atoms with Crippen molar-refractivity contribution in [1.82, 2.24) is 30.2 Å². The van der Waals surface area contributed by atoms with Crippen LogP contribution in [0.15, 0.2) is 121 Å². The van der Waals surface area contributed by atoms with E-state index in [2.05, 4.69) is 56.8 Å². The van der Waals surface area contributed by atoms with Crippen LogP contribution in [0, 0.1) is 17.6 Å². The Bertz CT molecular complexity index is 2490. The van der Waals surface area contributed by atoms with Crippen molar-refractivity contribution in [2.75, 3.05) is 4.90 Å². The SMILES string of the molecule is CCCCc1nc(Cl)c(CO)n1Cc1ccc(-c2ccccc2-c2nn[nH]n2)cc1.O=C1[C@H](CC[C@H](O)c2ccc(F)cc2)[C@@H](c2ccc(O)cc2)N1c1ccc(F)cc1.[K]. The fourth-order valence-corrected chi connectivity index (χ4v) is 7.77. The van der Waals surface area contributed by atoms with Gasteiger partial charge >= 0.3 is 0 Å². The zero-order chi connectivity index (χ0) is 42.2. The molecule has 2 aromatic heterocycles. The molecule has 0 bridgehead atoms. The largest absolute Gasteiger partial charge is 0.508 e. The molecular formula is C46H44ClF2KN7O4. The summed E-state index contributed by atoms with van der Waals surface area (Å²) in [6.07, 6.45) is 2.91. The Morgan fingerprint density at radius 2 is 1.52 bits per heavy atom. The third kappa shape index (κ3) is 10.9. The number of anilines is 1. The molecule has 1 aliphatic heterocycles. The van der Waals surface area contributed by atoms with Crippen LogP contribution in [-0.2, 0) is 24.4 Å². The maximum atomic E-state index is 13.3. The first kappa shape index (κ1) is 45.9. The number of imidazole rings is 1. The summed E-state index contributed by atoms with van der Waals surface area (Å²) >= 11 is 6.26. The van der Waals surface area contributed by atoms with E-state index in [1.165, 1.54) is 36.4 Å². The van der Waals surface area contributed by atoms with E-state index in [9.17, 15) is 28.9 Å². The summed E-state index contributed by atoms with van der Waals surface area (Å²) in [5.41, 5.74) is 6.83. The number of tetrazole rings is 1. The number of benzene rings is 5. The Kier molecular flexibility index (Phi) is 16.1. The number of aliphatic hydroxyl groups is 2. The summed E-state index contributed by atoms with van der Waals surface area (Å²) < 4.78 is 28.5. The molecule has 3 heterocycles. The number of nitrogens with zero attached hydrogens (tertiary/aromatic N) is 6. The standard InChI is InChI=1S/C24H21F2NO3.C22H23ClN6O.K/c25-17-5-1-15(2-6-17)22(29)14-13-21-23(16-3-11-20(28)12-4-16)27(24(21)30)19-9-7-18(26)8-10-19;1-2-3-8-20-24-21(23)19(14-30)29(20)13-15-9-11-16(12-10-15)17-6-4-5-7-18(17)22-25-27-28-26-22;/h1-12,21-23,28-29H,13-14H2;4-7,9-12,30H,2-3,8,13-14H2,1H3,(H,25,26,27,28);/t21-,22+,23-;;/m1../s1. The summed E-state index contributed by atoms with van der Waals surface area (Å²) in [6, 6.07) is 34.0. The fourth-order valence-electron chi connectivity index (χ4n) is 7.51. The molecule has 1 amide bonds. The number of aromatic amines is 1. The molecule has 1 saturated heterocycles. The van der Waals surface area contributed by atoms with Crippen LogP contribution in [0.1, 0.15) is 73.0 Å². The van der Waals surface area contributed by atoms with Gasteiger partial charge in [0.2, 0.25) is 11.7 Å². The summed E-state index contributed by atoms with van der Waals surface area (Å²) in [5, 5.41) is 44.6. The van der Waals surface area contributed by atoms with E-state index in [1.54, 1.807) is 41.3 Å². The molecule has 8 rings (SSSR count). The van der Waals surface area contributed by atoms with Gasteiger partial charge in [0.1, 0.15) is 23.2 Å². The van der Waals surface area contributed by atoms with Crippen LogP contribution in [0.2, 0.25) is 5.15 Å². The molecule has 61 heavy (non-hydrogen) atoms. The first-order valence-electron chi connectivity index (χ1n) is 19.7. The number of hydrogen-bond acceptors (Lipinski definition) is 8. The van der Waals surface area contributed by atoms with Gasteiger partial charge in [0.05, 0.1) is 30.4 Å². The van der Waals surface area contributed by atoms with Crippen LogP contribution in [0.5, 0.6) is 5.75 Å². The van der Waals surface area contributed by atoms with Gasteiger partial charge in [-0.25, -0.2) is 13.8 Å². The molecule has 5 aromatic carbocycles. The predicted molar refractivity (Wildman–Crippen MR) is 230 cm³/mol.